The first-order valence-corrected chi connectivity index (χ1v) is 6.76. The molecule has 0 radical (unpaired) electrons. The molecule has 0 fully saturated rings. The van der Waals surface area contributed by atoms with E-state index in [2.05, 4.69) is 22.3 Å². The SMILES string of the molecule is Cc1c(C#CCN)cccc1C(=O)NCCn1cccn1. The van der Waals surface area contributed by atoms with Crippen LogP contribution in [0.2, 0.25) is 0 Å². The number of amides is 1. The Morgan fingerprint density at radius 3 is 3.00 bits per heavy atom. The highest BCUT2D eigenvalue weighted by Crippen LogP contribution is 2.12. The number of hydrogen-bond acceptors (Lipinski definition) is 3. The van der Waals surface area contributed by atoms with Crippen molar-refractivity contribution in [2.45, 2.75) is 13.5 Å². The van der Waals surface area contributed by atoms with Crippen LogP contribution in [-0.4, -0.2) is 28.8 Å². The van der Waals surface area contributed by atoms with Gasteiger partial charge in [0, 0.05) is 30.1 Å². The average Bonchev–Trinajstić information content (AvgIpc) is 2.99. The normalized spacial score (nSPS) is 9.81. The van der Waals surface area contributed by atoms with Crippen molar-refractivity contribution in [3.63, 3.8) is 0 Å². The van der Waals surface area contributed by atoms with Crippen LogP contribution in [0.3, 0.4) is 0 Å². The van der Waals surface area contributed by atoms with Crippen molar-refractivity contribution in [1.82, 2.24) is 15.1 Å². The van der Waals surface area contributed by atoms with Crippen molar-refractivity contribution in [2.24, 2.45) is 5.73 Å². The van der Waals surface area contributed by atoms with Gasteiger partial charge in [-0.2, -0.15) is 5.10 Å². The summed E-state index contributed by atoms with van der Waals surface area (Å²) in [6.45, 7) is 3.37. The maximum Gasteiger partial charge on any atom is 0.251 e. The minimum absolute atomic E-state index is 0.101. The van der Waals surface area contributed by atoms with Crippen LogP contribution in [0.25, 0.3) is 0 Å². The van der Waals surface area contributed by atoms with Gasteiger partial charge in [-0.1, -0.05) is 17.9 Å². The Kier molecular flexibility index (Phi) is 5.13. The molecule has 1 amide bonds. The number of rotatable bonds is 4. The molecule has 108 valence electrons. The molecule has 0 unspecified atom stereocenters. The molecule has 1 aromatic heterocycles. The Bertz CT molecular complexity index is 665. The molecule has 1 aromatic carbocycles. The summed E-state index contributed by atoms with van der Waals surface area (Å²) in [4.78, 5) is 12.2. The van der Waals surface area contributed by atoms with E-state index in [9.17, 15) is 4.79 Å². The molecule has 0 spiro atoms. The summed E-state index contributed by atoms with van der Waals surface area (Å²) in [5.74, 6) is 5.68. The van der Waals surface area contributed by atoms with Gasteiger partial charge in [-0.3, -0.25) is 9.48 Å². The van der Waals surface area contributed by atoms with Gasteiger partial charge in [0.25, 0.3) is 5.91 Å². The second-order valence-electron chi connectivity index (χ2n) is 4.51. The molecule has 0 saturated heterocycles. The zero-order valence-electron chi connectivity index (χ0n) is 12.0. The fourth-order valence-corrected chi connectivity index (χ4v) is 1.98. The number of aromatic nitrogens is 2. The molecular weight excluding hydrogens is 264 g/mol. The van der Waals surface area contributed by atoms with Crippen LogP contribution in [0.1, 0.15) is 21.5 Å². The Balaban J connectivity index is 2.01. The molecule has 5 nitrogen and oxygen atoms in total. The van der Waals surface area contributed by atoms with Crippen molar-refractivity contribution in [3.05, 3.63) is 53.3 Å². The molecule has 3 N–H and O–H groups in total. The number of carbonyl (C=O) groups excluding carboxylic acids is 1. The van der Waals surface area contributed by atoms with E-state index in [0.29, 0.717) is 25.2 Å². The zero-order chi connectivity index (χ0) is 15.1. The highest BCUT2D eigenvalue weighted by atomic mass is 16.1. The number of nitrogens with two attached hydrogens (primary N) is 1. The molecule has 21 heavy (non-hydrogen) atoms. The molecule has 2 rings (SSSR count). The minimum atomic E-state index is -0.101. The number of benzene rings is 1. The van der Waals surface area contributed by atoms with Crippen molar-refractivity contribution in [2.75, 3.05) is 13.1 Å². The van der Waals surface area contributed by atoms with Crippen molar-refractivity contribution < 1.29 is 4.79 Å². The van der Waals surface area contributed by atoms with Gasteiger partial charge in [0.2, 0.25) is 0 Å². The summed E-state index contributed by atoms with van der Waals surface area (Å²) in [6.07, 6.45) is 3.58. The van der Waals surface area contributed by atoms with E-state index in [1.807, 2.05) is 31.3 Å². The maximum atomic E-state index is 12.2. The third-order valence-corrected chi connectivity index (χ3v) is 3.09. The van der Waals surface area contributed by atoms with E-state index in [-0.39, 0.29) is 5.91 Å². The fourth-order valence-electron chi connectivity index (χ4n) is 1.98. The highest BCUT2D eigenvalue weighted by molar-refractivity contribution is 5.96. The van der Waals surface area contributed by atoms with Crippen LogP contribution >= 0.6 is 0 Å². The van der Waals surface area contributed by atoms with Crippen molar-refractivity contribution >= 4 is 5.91 Å². The summed E-state index contributed by atoms with van der Waals surface area (Å²) in [7, 11) is 0. The van der Waals surface area contributed by atoms with E-state index in [1.54, 1.807) is 16.9 Å². The Morgan fingerprint density at radius 1 is 1.43 bits per heavy atom. The monoisotopic (exact) mass is 282 g/mol. The lowest BCUT2D eigenvalue weighted by Gasteiger charge is -2.09. The van der Waals surface area contributed by atoms with Gasteiger partial charge in [-0.05, 0) is 30.7 Å². The Morgan fingerprint density at radius 2 is 2.29 bits per heavy atom. The summed E-state index contributed by atoms with van der Waals surface area (Å²) in [6, 6.07) is 7.37. The molecule has 2 aromatic rings. The second-order valence-corrected chi connectivity index (χ2v) is 4.51. The lowest BCUT2D eigenvalue weighted by Crippen LogP contribution is -2.28. The summed E-state index contributed by atoms with van der Waals surface area (Å²) >= 11 is 0. The first-order valence-electron chi connectivity index (χ1n) is 6.76. The molecule has 1 heterocycles. The topological polar surface area (TPSA) is 72.9 Å². The minimum Gasteiger partial charge on any atom is -0.350 e. The van der Waals surface area contributed by atoms with Gasteiger partial charge in [0.15, 0.2) is 0 Å². The lowest BCUT2D eigenvalue weighted by atomic mass is 10.0. The van der Waals surface area contributed by atoms with Gasteiger partial charge in [0.05, 0.1) is 13.1 Å². The summed E-state index contributed by atoms with van der Waals surface area (Å²) < 4.78 is 1.77. The number of nitrogens with one attached hydrogen (secondary N) is 1. The zero-order valence-corrected chi connectivity index (χ0v) is 12.0. The van der Waals surface area contributed by atoms with E-state index < -0.39 is 0 Å². The fraction of sp³-hybridized carbons (Fsp3) is 0.250. The molecule has 5 heteroatoms. The third-order valence-electron chi connectivity index (χ3n) is 3.09. The number of nitrogens with zero attached hydrogens (tertiary/aromatic N) is 2. The Hall–Kier alpha value is -2.58. The second kappa shape index (κ2) is 7.27. The van der Waals surface area contributed by atoms with E-state index in [1.165, 1.54) is 0 Å². The predicted octanol–water partition coefficient (Wildman–Crippen LogP) is 0.932. The predicted molar refractivity (Wildman–Crippen MR) is 81.7 cm³/mol. The third kappa shape index (κ3) is 3.94. The van der Waals surface area contributed by atoms with E-state index in [4.69, 9.17) is 5.73 Å². The van der Waals surface area contributed by atoms with Crippen LogP contribution in [0.5, 0.6) is 0 Å². The molecule has 0 aliphatic heterocycles. The molecule has 0 aliphatic rings. The maximum absolute atomic E-state index is 12.2. The van der Waals surface area contributed by atoms with Crippen LogP contribution in [0.4, 0.5) is 0 Å². The van der Waals surface area contributed by atoms with Gasteiger partial charge < -0.3 is 11.1 Å². The lowest BCUT2D eigenvalue weighted by molar-refractivity contribution is 0.0951. The van der Waals surface area contributed by atoms with Crippen molar-refractivity contribution in [1.29, 1.82) is 0 Å². The first-order chi connectivity index (χ1) is 10.2. The van der Waals surface area contributed by atoms with Gasteiger partial charge in [-0.25, -0.2) is 0 Å². The van der Waals surface area contributed by atoms with Gasteiger partial charge >= 0.3 is 0 Å². The van der Waals surface area contributed by atoms with Crippen LogP contribution < -0.4 is 11.1 Å². The van der Waals surface area contributed by atoms with Gasteiger partial charge in [-0.15, -0.1) is 0 Å². The quantitative estimate of drug-likeness (QED) is 0.819. The van der Waals surface area contributed by atoms with Crippen LogP contribution in [0, 0.1) is 18.8 Å². The van der Waals surface area contributed by atoms with Gasteiger partial charge in [0.1, 0.15) is 0 Å². The Labute approximate surface area is 124 Å². The average molecular weight is 282 g/mol. The standard InChI is InChI=1S/C16H18N4O/c1-13-14(6-3-8-17)5-2-7-15(13)16(21)18-10-12-20-11-4-9-19-20/h2,4-5,7,9,11H,8,10,12,17H2,1H3,(H,18,21). The summed E-state index contributed by atoms with van der Waals surface area (Å²) in [5.41, 5.74) is 7.72. The molecule has 0 saturated carbocycles. The van der Waals surface area contributed by atoms with E-state index >= 15 is 0 Å². The largest absolute Gasteiger partial charge is 0.350 e. The van der Waals surface area contributed by atoms with E-state index in [0.717, 1.165) is 11.1 Å². The summed E-state index contributed by atoms with van der Waals surface area (Å²) in [5, 5.41) is 6.98. The molecule has 0 aliphatic carbocycles. The molecular formula is C16H18N4O. The smallest absolute Gasteiger partial charge is 0.251 e. The van der Waals surface area contributed by atoms with Crippen molar-refractivity contribution in [3.8, 4) is 11.8 Å². The number of hydrogen-bond donors (Lipinski definition) is 2. The molecule has 0 atom stereocenters. The first kappa shape index (κ1) is 14.8. The van der Waals surface area contributed by atoms with Crippen LogP contribution in [-0.2, 0) is 6.54 Å². The number of carbonyl (C=O) groups is 1. The molecule has 0 bridgehead atoms. The van der Waals surface area contributed by atoms with Crippen LogP contribution in [0.15, 0.2) is 36.7 Å². The highest BCUT2D eigenvalue weighted by Gasteiger charge is 2.10.